The van der Waals surface area contributed by atoms with Crippen LogP contribution in [0.1, 0.15) is 79.2 Å². The highest BCUT2D eigenvalue weighted by Gasteiger charge is 2.40. The van der Waals surface area contributed by atoms with Crippen molar-refractivity contribution in [2.24, 2.45) is 5.41 Å². The van der Waals surface area contributed by atoms with E-state index in [1.165, 1.54) is 12.1 Å². The predicted molar refractivity (Wildman–Crippen MR) is 165 cm³/mol. The van der Waals surface area contributed by atoms with Crippen molar-refractivity contribution in [3.63, 3.8) is 0 Å². The minimum atomic E-state index is -0.736. The first-order chi connectivity index (χ1) is 21.7. The number of hydrogen-bond donors (Lipinski definition) is 3. The number of carbonyl (C=O) groups is 2. The van der Waals surface area contributed by atoms with E-state index in [9.17, 15) is 14.7 Å². The van der Waals surface area contributed by atoms with Crippen molar-refractivity contribution < 1.29 is 23.8 Å². The largest absolute Gasteiger partial charge is 0.481 e. The predicted octanol–water partition coefficient (Wildman–Crippen LogP) is 5.05. The molecular formula is C33H36FN7O4. The fourth-order valence-electron chi connectivity index (χ4n) is 6.70. The van der Waals surface area contributed by atoms with E-state index in [0.29, 0.717) is 54.8 Å². The maximum Gasteiger partial charge on any atom is 0.309 e. The summed E-state index contributed by atoms with van der Waals surface area (Å²) < 4.78 is 23.8. The lowest BCUT2D eigenvalue weighted by atomic mass is 9.73. The molecule has 4 aromatic rings. The molecule has 12 heteroatoms. The van der Waals surface area contributed by atoms with Gasteiger partial charge in [0.05, 0.1) is 12.0 Å². The van der Waals surface area contributed by atoms with E-state index < -0.39 is 29.2 Å². The number of carbonyl (C=O) groups excluding carboxylic acids is 1. The number of carboxylic acids is 1. The molecule has 11 nitrogen and oxygen atoms in total. The number of nitrogens with zero attached hydrogens (tertiary/aromatic N) is 5. The zero-order chi connectivity index (χ0) is 31.3. The molecule has 3 fully saturated rings. The molecule has 1 atom stereocenters. The Morgan fingerprint density at radius 3 is 2.64 bits per heavy atom. The number of benzene rings is 1. The summed E-state index contributed by atoms with van der Waals surface area (Å²) >= 11 is 0. The second kappa shape index (κ2) is 11.5. The Hall–Kier alpha value is -4.42. The topological polar surface area (TPSA) is 148 Å². The number of nitrogens with two attached hydrogens (primary N) is 1. The number of aromatic nitrogens is 4. The summed E-state index contributed by atoms with van der Waals surface area (Å²) in [4.78, 5) is 40.4. The summed E-state index contributed by atoms with van der Waals surface area (Å²) in [6, 6.07) is 8.36. The summed E-state index contributed by atoms with van der Waals surface area (Å²) in [5.41, 5.74) is 7.90. The van der Waals surface area contributed by atoms with Crippen molar-refractivity contribution in [3.8, 4) is 11.3 Å². The Labute approximate surface area is 259 Å². The van der Waals surface area contributed by atoms with E-state index in [4.69, 9.17) is 15.5 Å². The summed E-state index contributed by atoms with van der Waals surface area (Å²) in [6.45, 7) is 3.61. The van der Waals surface area contributed by atoms with E-state index in [-0.39, 0.29) is 23.0 Å². The van der Waals surface area contributed by atoms with Gasteiger partial charge in [-0.05, 0) is 87.3 Å². The number of nitrogen functional groups attached to an aromatic ring is 1. The van der Waals surface area contributed by atoms with Crippen molar-refractivity contribution in [3.05, 3.63) is 71.7 Å². The lowest BCUT2D eigenvalue weighted by Gasteiger charge is -2.42. The molecule has 1 aromatic carbocycles. The number of hydrogen-bond acceptors (Lipinski definition) is 8. The zero-order valence-electron chi connectivity index (χ0n) is 25.1. The smallest absolute Gasteiger partial charge is 0.309 e. The third-order valence-corrected chi connectivity index (χ3v) is 9.65. The van der Waals surface area contributed by atoms with Gasteiger partial charge in [-0.3, -0.25) is 18.9 Å². The van der Waals surface area contributed by atoms with Crippen LogP contribution >= 0.6 is 0 Å². The highest BCUT2D eigenvalue weighted by molar-refractivity contribution is 6.04. The fraction of sp³-hybridized carbons (Fsp3) is 0.424. The number of aliphatic carboxylic acids is 1. The number of imidazole rings is 1. The number of carboxylic acid groups (broad SMARTS) is 1. The van der Waals surface area contributed by atoms with Gasteiger partial charge in [0, 0.05) is 48.8 Å². The van der Waals surface area contributed by atoms with Crippen LogP contribution in [0.5, 0.6) is 0 Å². The van der Waals surface area contributed by atoms with Crippen molar-refractivity contribution >= 4 is 29.0 Å². The van der Waals surface area contributed by atoms with E-state index in [0.717, 1.165) is 37.8 Å². The molecule has 4 N–H and O–H groups in total. The number of amides is 1. The Balaban J connectivity index is 1.14. The lowest BCUT2D eigenvalue weighted by Crippen LogP contribution is -2.48. The molecule has 1 aliphatic heterocycles. The molecule has 45 heavy (non-hydrogen) atoms. The normalized spacial score (nSPS) is 24.0. The van der Waals surface area contributed by atoms with E-state index >= 15 is 4.39 Å². The zero-order valence-corrected chi connectivity index (χ0v) is 25.1. The number of nitrogens with one attached hydrogen (secondary N) is 1. The molecule has 0 bridgehead atoms. The highest BCUT2D eigenvalue weighted by atomic mass is 19.1. The molecular weight excluding hydrogens is 577 g/mol. The van der Waals surface area contributed by atoms with Gasteiger partial charge in [-0.2, -0.15) is 0 Å². The van der Waals surface area contributed by atoms with Crippen LogP contribution in [0.2, 0.25) is 0 Å². The Bertz CT molecular complexity index is 1780. The summed E-state index contributed by atoms with van der Waals surface area (Å²) in [5, 5.41) is 12.4. The molecule has 7 rings (SSSR count). The Kier molecular flexibility index (Phi) is 7.49. The number of ether oxygens (including phenoxy) is 1. The van der Waals surface area contributed by atoms with Crippen molar-refractivity contribution in [2.45, 2.75) is 63.5 Å². The number of pyridine rings is 1. The molecule has 0 spiro atoms. The number of fused-ring (bicyclic) bond motifs is 1. The van der Waals surface area contributed by atoms with Crippen molar-refractivity contribution in [1.29, 1.82) is 0 Å². The van der Waals surface area contributed by atoms with Gasteiger partial charge >= 0.3 is 5.97 Å². The second-order valence-electron chi connectivity index (χ2n) is 12.7. The van der Waals surface area contributed by atoms with E-state index in [2.05, 4.69) is 20.2 Å². The maximum absolute atomic E-state index is 15.8. The third kappa shape index (κ3) is 5.64. The summed E-state index contributed by atoms with van der Waals surface area (Å²) in [7, 11) is 0. The van der Waals surface area contributed by atoms with Crippen molar-refractivity contribution in [1.82, 2.24) is 24.3 Å². The fourth-order valence-corrected chi connectivity index (χ4v) is 6.70. The average molecular weight is 614 g/mol. The number of morpholine rings is 1. The van der Waals surface area contributed by atoms with E-state index in [1.807, 2.05) is 19.1 Å². The van der Waals surface area contributed by atoms with Crippen LogP contribution in [0.3, 0.4) is 0 Å². The molecule has 1 amide bonds. The van der Waals surface area contributed by atoms with Crippen LogP contribution in [0.15, 0.2) is 48.9 Å². The van der Waals surface area contributed by atoms with E-state index in [1.54, 1.807) is 29.1 Å². The van der Waals surface area contributed by atoms with Gasteiger partial charge in [0.1, 0.15) is 40.6 Å². The first-order valence-electron chi connectivity index (χ1n) is 15.5. The van der Waals surface area contributed by atoms with Gasteiger partial charge in [-0.15, -0.1) is 0 Å². The van der Waals surface area contributed by atoms with Gasteiger partial charge < -0.3 is 20.9 Å². The van der Waals surface area contributed by atoms with Crippen LogP contribution in [0, 0.1) is 11.2 Å². The SMILES string of the molecule is C[C@]1(C(=O)O)CC[C@@H](N2CCO[C@@H](c3nc(-c4ccc(C(=O)Nc5cc(C6CC6)ccn5)cc4F)c4c(N)nccn34)C2)CC1. The first kappa shape index (κ1) is 29.3. The van der Waals surface area contributed by atoms with Gasteiger partial charge in [-0.1, -0.05) is 0 Å². The number of rotatable bonds is 7. The van der Waals surface area contributed by atoms with Crippen LogP contribution in [0.4, 0.5) is 16.0 Å². The van der Waals surface area contributed by atoms with Gasteiger partial charge in [0.25, 0.3) is 5.91 Å². The maximum atomic E-state index is 15.8. The van der Waals surface area contributed by atoms with Crippen molar-refractivity contribution in [2.75, 3.05) is 30.7 Å². The number of halogens is 1. The molecule has 3 aliphatic rings. The molecule has 3 aromatic heterocycles. The molecule has 2 saturated carbocycles. The molecule has 4 heterocycles. The Morgan fingerprint density at radius 1 is 1.11 bits per heavy atom. The van der Waals surface area contributed by atoms with Gasteiger partial charge in [0.2, 0.25) is 0 Å². The standard InChI is InChI=1S/C33H36FN7O4/c1-33(32(43)44)9-6-22(7-10-33)40-14-15-45-25(18-40)30-39-27(28-29(35)37-12-13-41(28)30)23-5-4-21(16-24(23)34)31(42)38-26-17-20(8-11-36-26)19-2-3-19/h4-5,8,11-13,16-17,19,22,25H,2-3,6-7,9-10,14-15,18H2,1H3,(H2,35,37)(H,43,44)(H,36,38,42)/t22-,25-,33+/m1/s1. The molecule has 2 aliphatic carbocycles. The van der Waals surface area contributed by atoms with Crippen LogP contribution in [-0.2, 0) is 9.53 Å². The third-order valence-electron chi connectivity index (χ3n) is 9.65. The quantitative estimate of drug-likeness (QED) is 0.260. The summed E-state index contributed by atoms with van der Waals surface area (Å²) in [5.74, 6) is -0.0918. The lowest BCUT2D eigenvalue weighted by molar-refractivity contribution is -0.151. The van der Waals surface area contributed by atoms with Gasteiger partial charge in [-0.25, -0.2) is 19.3 Å². The Morgan fingerprint density at radius 2 is 1.91 bits per heavy atom. The number of anilines is 2. The average Bonchev–Trinajstić information content (AvgIpc) is 3.82. The van der Waals surface area contributed by atoms with Crippen LogP contribution in [-0.4, -0.2) is 67.0 Å². The summed E-state index contributed by atoms with van der Waals surface area (Å²) in [6.07, 6.45) is 9.69. The minimum Gasteiger partial charge on any atom is -0.481 e. The van der Waals surface area contributed by atoms with Crippen LogP contribution < -0.4 is 11.1 Å². The molecule has 0 unspecified atom stereocenters. The monoisotopic (exact) mass is 613 g/mol. The van der Waals surface area contributed by atoms with Crippen LogP contribution in [0.25, 0.3) is 16.8 Å². The minimum absolute atomic E-state index is 0.155. The first-order valence-corrected chi connectivity index (χ1v) is 15.5. The highest BCUT2D eigenvalue weighted by Crippen LogP contribution is 2.41. The second-order valence-corrected chi connectivity index (χ2v) is 12.7. The molecule has 1 saturated heterocycles. The molecule has 0 radical (unpaired) electrons. The molecule has 234 valence electrons. The van der Waals surface area contributed by atoms with Gasteiger partial charge in [0.15, 0.2) is 0 Å².